The first-order valence-electron chi connectivity index (χ1n) is 7.29. The second kappa shape index (κ2) is 6.71. The van der Waals surface area contributed by atoms with Crippen molar-refractivity contribution in [1.29, 1.82) is 0 Å². The monoisotopic (exact) mass is 294 g/mol. The minimum absolute atomic E-state index is 0.0566. The number of piperidine rings is 1. The first-order valence-corrected chi connectivity index (χ1v) is 7.29. The molecule has 0 bridgehead atoms. The number of likely N-dealkylation sites (tertiary alicyclic amines) is 1. The van der Waals surface area contributed by atoms with Gasteiger partial charge in [-0.05, 0) is 12.8 Å². The van der Waals surface area contributed by atoms with E-state index in [1.54, 1.807) is 4.90 Å². The predicted octanol–water partition coefficient (Wildman–Crippen LogP) is 0.0737. The third kappa shape index (κ3) is 3.60. The number of amides is 2. The summed E-state index contributed by atoms with van der Waals surface area (Å²) in [6.45, 7) is 4.32. The number of H-pyrrole nitrogens is 1. The Morgan fingerprint density at radius 2 is 2.33 bits per heavy atom. The molecule has 0 radical (unpaired) electrons. The summed E-state index contributed by atoms with van der Waals surface area (Å²) in [6.07, 6.45) is 2.99. The third-order valence-corrected chi connectivity index (χ3v) is 3.81. The lowest BCUT2D eigenvalue weighted by molar-refractivity contribution is -0.132. The smallest absolute Gasteiger partial charge is 0.255 e. The zero-order valence-electron chi connectivity index (χ0n) is 12.4. The quantitative estimate of drug-likeness (QED) is 0.732. The number of aromatic amines is 1. The Morgan fingerprint density at radius 3 is 2.95 bits per heavy atom. The van der Waals surface area contributed by atoms with E-state index in [-0.39, 0.29) is 24.4 Å². The number of hydrogen-bond acceptors (Lipinski definition) is 4. The molecular weight excluding hydrogens is 272 g/mol. The van der Waals surface area contributed by atoms with E-state index in [4.69, 9.17) is 0 Å². The van der Waals surface area contributed by atoms with Crippen molar-refractivity contribution in [2.24, 2.45) is 0 Å². The van der Waals surface area contributed by atoms with Gasteiger partial charge in [0, 0.05) is 25.7 Å². The molecule has 1 aromatic heterocycles. The first kappa shape index (κ1) is 15.5. The first-order chi connectivity index (χ1) is 10.0. The minimum Gasteiger partial charge on any atom is -0.389 e. The van der Waals surface area contributed by atoms with Gasteiger partial charge in [-0.1, -0.05) is 13.3 Å². The molecule has 1 aromatic rings. The van der Waals surface area contributed by atoms with Crippen LogP contribution in [-0.4, -0.2) is 57.3 Å². The van der Waals surface area contributed by atoms with E-state index in [9.17, 15) is 14.7 Å². The molecule has 1 aliphatic heterocycles. The van der Waals surface area contributed by atoms with Crippen LogP contribution in [0, 0.1) is 0 Å². The number of nitrogens with zero attached hydrogens (tertiary/aromatic N) is 2. The molecule has 0 unspecified atom stereocenters. The third-order valence-electron chi connectivity index (χ3n) is 3.81. The van der Waals surface area contributed by atoms with E-state index >= 15 is 0 Å². The maximum Gasteiger partial charge on any atom is 0.255 e. The molecule has 7 nitrogen and oxygen atoms in total. The van der Waals surface area contributed by atoms with E-state index in [0.717, 1.165) is 18.5 Å². The Labute approximate surface area is 123 Å². The molecule has 0 spiro atoms. The Bertz CT molecular complexity index is 514. The molecule has 21 heavy (non-hydrogen) atoms. The maximum absolute atomic E-state index is 12.3. The summed E-state index contributed by atoms with van der Waals surface area (Å²) in [6, 6.07) is -0.336. The Kier molecular flexibility index (Phi) is 4.95. The lowest BCUT2D eigenvalue weighted by Crippen LogP contribution is -2.55. The summed E-state index contributed by atoms with van der Waals surface area (Å²) in [4.78, 5) is 25.2. The van der Waals surface area contributed by atoms with Crippen LogP contribution in [0.2, 0.25) is 0 Å². The topological polar surface area (TPSA) is 98.3 Å². The lowest BCUT2D eigenvalue weighted by Gasteiger charge is -2.35. The standard InChI is InChI=1S/C14H22N4O3/c1-3-4-11-10(7-15-17-11)14(21)16-12-5-6-18(9(2)19)8-13(12)20/h7,12-13,20H,3-6,8H2,1-2H3,(H,15,17)(H,16,21)/t12-,13-/m1/s1. The van der Waals surface area contributed by atoms with Gasteiger partial charge in [0.1, 0.15) is 0 Å². The van der Waals surface area contributed by atoms with Gasteiger partial charge < -0.3 is 15.3 Å². The van der Waals surface area contributed by atoms with Crippen molar-refractivity contribution < 1.29 is 14.7 Å². The van der Waals surface area contributed by atoms with Gasteiger partial charge in [-0.3, -0.25) is 14.7 Å². The van der Waals surface area contributed by atoms with Crippen LogP contribution in [-0.2, 0) is 11.2 Å². The number of carbonyl (C=O) groups is 2. The number of carbonyl (C=O) groups excluding carboxylic acids is 2. The number of aryl methyl sites for hydroxylation is 1. The van der Waals surface area contributed by atoms with Crippen LogP contribution in [0.5, 0.6) is 0 Å². The molecule has 0 saturated carbocycles. The van der Waals surface area contributed by atoms with Gasteiger partial charge in [0.25, 0.3) is 5.91 Å². The second-order valence-corrected chi connectivity index (χ2v) is 5.41. The Hall–Kier alpha value is -1.89. The van der Waals surface area contributed by atoms with Crippen molar-refractivity contribution in [3.8, 4) is 0 Å². The molecule has 7 heteroatoms. The molecule has 2 rings (SSSR count). The fourth-order valence-electron chi connectivity index (χ4n) is 2.58. The number of aliphatic hydroxyl groups excluding tert-OH is 1. The van der Waals surface area contributed by atoms with E-state index in [0.29, 0.717) is 18.5 Å². The number of aromatic nitrogens is 2. The van der Waals surface area contributed by atoms with E-state index in [1.807, 2.05) is 6.92 Å². The van der Waals surface area contributed by atoms with Gasteiger partial charge in [-0.15, -0.1) is 0 Å². The highest BCUT2D eigenvalue weighted by Crippen LogP contribution is 2.13. The number of aliphatic hydroxyl groups is 1. The fraction of sp³-hybridized carbons (Fsp3) is 0.643. The van der Waals surface area contributed by atoms with Crippen LogP contribution >= 0.6 is 0 Å². The molecule has 2 amide bonds. The summed E-state index contributed by atoms with van der Waals surface area (Å²) >= 11 is 0. The molecule has 1 aliphatic rings. The zero-order valence-corrected chi connectivity index (χ0v) is 12.4. The summed E-state index contributed by atoms with van der Waals surface area (Å²) in [5, 5.41) is 19.7. The van der Waals surface area contributed by atoms with Gasteiger partial charge in [-0.25, -0.2) is 0 Å². The minimum atomic E-state index is -0.742. The van der Waals surface area contributed by atoms with Crippen LogP contribution < -0.4 is 5.32 Å². The van der Waals surface area contributed by atoms with Crippen LogP contribution in [0.15, 0.2) is 6.20 Å². The molecule has 2 atom stereocenters. The normalized spacial score (nSPS) is 22.1. The van der Waals surface area contributed by atoms with Gasteiger partial charge in [-0.2, -0.15) is 5.10 Å². The van der Waals surface area contributed by atoms with Gasteiger partial charge in [0.2, 0.25) is 5.91 Å². The van der Waals surface area contributed by atoms with Crippen molar-refractivity contribution in [2.45, 2.75) is 45.3 Å². The van der Waals surface area contributed by atoms with Crippen LogP contribution in [0.25, 0.3) is 0 Å². The lowest BCUT2D eigenvalue weighted by atomic mass is 10.0. The summed E-state index contributed by atoms with van der Waals surface area (Å²) < 4.78 is 0. The van der Waals surface area contributed by atoms with E-state index in [2.05, 4.69) is 15.5 Å². The molecule has 1 fully saturated rings. The number of rotatable bonds is 4. The molecule has 0 aliphatic carbocycles. The van der Waals surface area contributed by atoms with Gasteiger partial charge >= 0.3 is 0 Å². The number of nitrogens with one attached hydrogen (secondary N) is 2. The molecule has 3 N–H and O–H groups in total. The maximum atomic E-state index is 12.3. The van der Waals surface area contributed by atoms with Crippen molar-refractivity contribution >= 4 is 11.8 Å². The van der Waals surface area contributed by atoms with Crippen molar-refractivity contribution in [2.75, 3.05) is 13.1 Å². The molecular formula is C14H22N4O3. The number of hydrogen-bond donors (Lipinski definition) is 3. The zero-order chi connectivity index (χ0) is 15.4. The van der Waals surface area contributed by atoms with Crippen molar-refractivity contribution in [3.63, 3.8) is 0 Å². The van der Waals surface area contributed by atoms with E-state index < -0.39 is 6.10 Å². The largest absolute Gasteiger partial charge is 0.389 e. The highest BCUT2D eigenvalue weighted by atomic mass is 16.3. The van der Waals surface area contributed by atoms with E-state index in [1.165, 1.54) is 13.1 Å². The summed E-state index contributed by atoms with van der Waals surface area (Å²) in [7, 11) is 0. The van der Waals surface area contributed by atoms with Crippen LogP contribution in [0.4, 0.5) is 0 Å². The average Bonchev–Trinajstić information content (AvgIpc) is 2.89. The highest BCUT2D eigenvalue weighted by molar-refractivity contribution is 5.95. The number of β-amino-alcohol motifs (C(OH)–C–C–N with tert-alkyl or cyclic N) is 1. The Balaban J connectivity index is 1.97. The van der Waals surface area contributed by atoms with Crippen LogP contribution in [0.3, 0.4) is 0 Å². The molecule has 116 valence electrons. The average molecular weight is 294 g/mol. The van der Waals surface area contributed by atoms with Gasteiger partial charge in [0.05, 0.1) is 23.9 Å². The van der Waals surface area contributed by atoms with Crippen molar-refractivity contribution in [1.82, 2.24) is 20.4 Å². The van der Waals surface area contributed by atoms with Crippen LogP contribution in [0.1, 0.15) is 42.7 Å². The predicted molar refractivity (Wildman–Crippen MR) is 76.7 cm³/mol. The van der Waals surface area contributed by atoms with Crippen molar-refractivity contribution in [3.05, 3.63) is 17.5 Å². The highest BCUT2D eigenvalue weighted by Gasteiger charge is 2.30. The molecule has 2 heterocycles. The SMILES string of the molecule is CCCc1[nH]ncc1C(=O)N[C@@H]1CCN(C(C)=O)C[C@H]1O. The Morgan fingerprint density at radius 1 is 1.57 bits per heavy atom. The fourth-order valence-corrected chi connectivity index (χ4v) is 2.58. The second-order valence-electron chi connectivity index (χ2n) is 5.41. The summed E-state index contributed by atoms with van der Waals surface area (Å²) in [5.41, 5.74) is 1.34. The molecule has 1 saturated heterocycles. The summed E-state index contributed by atoms with van der Waals surface area (Å²) in [5.74, 6) is -0.286. The molecule has 0 aromatic carbocycles. The van der Waals surface area contributed by atoms with Gasteiger partial charge in [0.15, 0.2) is 0 Å².